The first-order chi connectivity index (χ1) is 12.4. The van der Waals surface area contributed by atoms with Crippen LogP contribution in [0.15, 0.2) is 37.9 Å². The maximum Gasteiger partial charge on any atom is 0.519 e. The van der Waals surface area contributed by atoms with Crippen molar-refractivity contribution in [2.24, 2.45) is 0 Å². The fourth-order valence-electron chi connectivity index (χ4n) is 3.17. The lowest BCUT2D eigenvalue weighted by molar-refractivity contribution is -0.127. The molecule has 8 heteroatoms. The van der Waals surface area contributed by atoms with Crippen molar-refractivity contribution in [3.05, 3.63) is 57.0 Å². The van der Waals surface area contributed by atoms with Gasteiger partial charge in [-0.3, -0.25) is 4.79 Å². The molecule has 2 aromatic rings. The Morgan fingerprint density at radius 3 is 2.69 bits per heavy atom. The number of benzene rings is 1. The van der Waals surface area contributed by atoms with E-state index < -0.39 is 17.5 Å². The average Bonchev–Trinajstić information content (AvgIpc) is 2.93. The number of Topliss-reactive ketones (excluding diaryl/α,β-unsaturated/α-hetero) is 1. The number of amides is 1. The molecule has 1 N–H and O–H groups in total. The fraction of sp³-hybridized carbons (Fsp3) is 0.389. The van der Waals surface area contributed by atoms with E-state index in [0.29, 0.717) is 23.4 Å². The molecule has 1 heterocycles. The van der Waals surface area contributed by atoms with Crippen molar-refractivity contribution < 1.29 is 23.2 Å². The molecule has 1 fully saturated rings. The number of hydrogen-bond donors (Lipinski definition) is 1. The Kier molecular flexibility index (Phi) is 5.18. The number of rotatable bonds is 4. The van der Waals surface area contributed by atoms with Crippen LogP contribution in [0.1, 0.15) is 42.8 Å². The van der Waals surface area contributed by atoms with Crippen molar-refractivity contribution in [1.29, 1.82) is 0 Å². The number of halogens is 1. The molecule has 7 nitrogen and oxygen atoms in total. The third kappa shape index (κ3) is 3.53. The Labute approximate surface area is 154 Å². The minimum Gasteiger partial charge on any atom is -0.441 e. The summed E-state index contributed by atoms with van der Waals surface area (Å²) in [7, 11) is 0. The summed E-state index contributed by atoms with van der Waals surface area (Å²) < 4.78 is 14.6. The number of nitrogens with one attached hydrogen (secondary N) is 1. The molecule has 0 bridgehead atoms. The molecule has 26 heavy (non-hydrogen) atoms. The lowest BCUT2D eigenvalue weighted by Gasteiger charge is -2.37. The van der Waals surface area contributed by atoms with Gasteiger partial charge in [0.2, 0.25) is 0 Å². The molecule has 3 rings (SSSR count). The molecule has 0 saturated heterocycles. The number of ether oxygens (including phenoxy) is 1. The number of carbonyl (C=O) groups excluding carboxylic acids is 2. The van der Waals surface area contributed by atoms with Crippen LogP contribution < -0.4 is 11.1 Å². The van der Waals surface area contributed by atoms with Gasteiger partial charge >= 0.3 is 11.9 Å². The number of ketones is 1. The maximum absolute atomic E-state index is 12.7. The summed E-state index contributed by atoms with van der Waals surface area (Å²) in [5, 5.41) is 3.09. The lowest BCUT2D eigenvalue weighted by atomic mass is 9.75. The highest BCUT2D eigenvalue weighted by Gasteiger charge is 2.44. The van der Waals surface area contributed by atoms with Crippen LogP contribution in [-0.4, -0.2) is 11.9 Å². The first kappa shape index (κ1) is 18.3. The standard InChI is InChI=1S/C18H18ClNO6/c1-11-14(26-17(23)25-11)10-24-16(22)20-18(9-5-4-8-15(18)21)12-6-2-3-7-13(12)19/h2-3,6-7H,4-5,8-10H2,1H3,(H,20,22). The van der Waals surface area contributed by atoms with Crippen molar-refractivity contribution in [3.63, 3.8) is 0 Å². The molecule has 1 amide bonds. The first-order valence-corrected chi connectivity index (χ1v) is 8.63. The van der Waals surface area contributed by atoms with Crippen LogP contribution in [0.5, 0.6) is 0 Å². The van der Waals surface area contributed by atoms with Gasteiger partial charge in [-0.15, -0.1) is 0 Å². The van der Waals surface area contributed by atoms with E-state index in [-0.39, 0.29) is 23.9 Å². The zero-order valence-electron chi connectivity index (χ0n) is 14.2. The van der Waals surface area contributed by atoms with Gasteiger partial charge in [0.05, 0.1) is 0 Å². The van der Waals surface area contributed by atoms with E-state index >= 15 is 0 Å². The van der Waals surface area contributed by atoms with Gasteiger partial charge in [0, 0.05) is 17.0 Å². The van der Waals surface area contributed by atoms with E-state index in [1.54, 1.807) is 24.3 Å². The van der Waals surface area contributed by atoms with Gasteiger partial charge in [0.25, 0.3) is 0 Å². The molecule has 1 aromatic heterocycles. The summed E-state index contributed by atoms with van der Waals surface area (Å²) >= 11 is 6.29. The van der Waals surface area contributed by atoms with Crippen LogP contribution in [0.25, 0.3) is 0 Å². The zero-order chi connectivity index (χ0) is 18.7. The van der Waals surface area contributed by atoms with E-state index in [1.165, 1.54) is 6.92 Å². The summed E-state index contributed by atoms with van der Waals surface area (Å²) in [5.41, 5.74) is -0.672. The summed E-state index contributed by atoms with van der Waals surface area (Å²) in [6.45, 7) is 1.24. The van der Waals surface area contributed by atoms with Gasteiger partial charge in [-0.2, -0.15) is 0 Å². The highest BCUT2D eigenvalue weighted by Crippen LogP contribution is 2.38. The van der Waals surface area contributed by atoms with Gasteiger partial charge in [-0.05, 0) is 32.3 Å². The molecule has 1 aromatic carbocycles. The second-order valence-electron chi connectivity index (χ2n) is 6.15. The van der Waals surface area contributed by atoms with Gasteiger partial charge in [-0.1, -0.05) is 29.8 Å². The van der Waals surface area contributed by atoms with E-state index in [1.807, 2.05) is 0 Å². The minimum atomic E-state index is -1.22. The number of aryl methyl sites for hydroxylation is 1. The Hall–Kier alpha value is -2.54. The molecule has 0 aliphatic heterocycles. The topological polar surface area (TPSA) is 98.8 Å². The number of hydrogen-bond acceptors (Lipinski definition) is 6. The molecule has 1 saturated carbocycles. The fourth-order valence-corrected chi connectivity index (χ4v) is 3.47. The number of alkyl carbamates (subject to hydrolysis) is 1. The van der Waals surface area contributed by atoms with Gasteiger partial charge < -0.3 is 18.9 Å². The maximum atomic E-state index is 12.7. The molecule has 1 aliphatic rings. The van der Waals surface area contributed by atoms with E-state index in [2.05, 4.69) is 5.32 Å². The van der Waals surface area contributed by atoms with E-state index in [0.717, 1.165) is 12.8 Å². The van der Waals surface area contributed by atoms with Crippen molar-refractivity contribution in [3.8, 4) is 0 Å². The zero-order valence-corrected chi connectivity index (χ0v) is 14.9. The molecule has 138 valence electrons. The smallest absolute Gasteiger partial charge is 0.441 e. The normalized spacial score (nSPS) is 20.0. The van der Waals surface area contributed by atoms with Crippen molar-refractivity contribution >= 4 is 23.5 Å². The Bertz CT molecular complexity index is 886. The summed E-state index contributed by atoms with van der Waals surface area (Å²) in [4.78, 5) is 36.1. The van der Waals surface area contributed by atoms with Crippen molar-refractivity contribution in [2.45, 2.75) is 44.8 Å². The molecule has 1 aliphatic carbocycles. The second-order valence-corrected chi connectivity index (χ2v) is 6.56. The summed E-state index contributed by atoms with van der Waals surface area (Å²) in [6.07, 6.45) is 1.52. The van der Waals surface area contributed by atoms with Crippen LogP contribution in [0.3, 0.4) is 0 Å². The van der Waals surface area contributed by atoms with Crippen molar-refractivity contribution in [1.82, 2.24) is 5.32 Å². The first-order valence-electron chi connectivity index (χ1n) is 8.25. The molecule has 0 radical (unpaired) electrons. The van der Waals surface area contributed by atoms with E-state index in [4.69, 9.17) is 25.2 Å². The second kappa shape index (κ2) is 7.37. The van der Waals surface area contributed by atoms with Crippen LogP contribution in [0.4, 0.5) is 4.79 Å². The average molecular weight is 380 g/mol. The van der Waals surface area contributed by atoms with Crippen LogP contribution >= 0.6 is 11.6 Å². The monoisotopic (exact) mass is 379 g/mol. The predicted molar refractivity (Wildman–Crippen MR) is 91.9 cm³/mol. The van der Waals surface area contributed by atoms with Crippen LogP contribution in [0, 0.1) is 6.92 Å². The highest BCUT2D eigenvalue weighted by molar-refractivity contribution is 6.31. The van der Waals surface area contributed by atoms with Crippen LogP contribution in [0.2, 0.25) is 5.02 Å². The van der Waals surface area contributed by atoms with Crippen molar-refractivity contribution in [2.75, 3.05) is 0 Å². The van der Waals surface area contributed by atoms with Gasteiger partial charge in [0.1, 0.15) is 5.54 Å². The van der Waals surface area contributed by atoms with Gasteiger partial charge in [-0.25, -0.2) is 9.59 Å². The minimum absolute atomic E-state index is 0.111. The lowest BCUT2D eigenvalue weighted by Crippen LogP contribution is -2.53. The largest absolute Gasteiger partial charge is 0.519 e. The Morgan fingerprint density at radius 2 is 2.04 bits per heavy atom. The third-order valence-corrected chi connectivity index (χ3v) is 4.83. The molecule has 1 unspecified atom stereocenters. The Morgan fingerprint density at radius 1 is 1.27 bits per heavy atom. The summed E-state index contributed by atoms with van der Waals surface area (Å²) in [6, 6.07) is 6.93. The molecular weight excluding hydrogens is 362 g/mol. The SMILES string of the molecule is Cc1oc(=O)oc1COC(=O)NC1(c2ccccc2Cl)CCCCC1=O. The predicted octanol–water partition coefficient (Wildman–Crippen LogP) is 3.46. The highest BCUT2D eigenvalue weighted by atomic mass is 35.5. The van der Waals surface area contributed by atoms with Crippen LogP contribution in [-0.2, 0) is 21.7 Å². The van der Waals surface area contributed by atoms with E-state index in [9.17, 15) is 14.4 Å². The Balaban J connectivity index is 1.81. The molecule has 1 atom stereocenters. The summed E-state index contributed by atoms with van der Waals surface area (Å²) in [5.74, 6) is -0.624. The molecular formula is C18H18ClNO6. The third-order valence-electron chi connectivity index (χ3n) is 4.50. The number of carbonyl (C=O) groups is 2. The quantitative estimate of drug-likeness (QED) is 0.873. The molecule has 0 spiro atoms. The van der Waals surface area contributed by atoms with Gasteiger partial charge in [0.15, 0.2) is 23.9 Å².